The third kappa shape index (κ3) is 2.39. The molecule has 2 aromatic heterocycles. The minimum atomic E-state index is 0.302. The Morgan fingerprint density at radius 2 is 1.94 bits per heavy atom. The van der Waals surface area contributed by atoms with E-state index in [1.54, 1.807) is 6.33 Å². The molecule has 90 valence electrons. The van der Waals surface area contributed by atoms with Crippen LogP contribution in [-0.4, -0.2) is 19.5 Å². The molecule has 0 atom stereocenters. The maximum absolute atomic E-state index is 4.56. The van der Waals surface area contributed by atoms with E-state index in [-0.39, 0.29) is 0 Å². The molecule has 0 amide bonds. The second-order valence-corrected chi connectivity index (χ2v) is 5.16. The number of rotatable bonds is 2. The van der Waals surface area contributed by atoms with Gasteiger partial charge >= 0.3 is 0 Å². The fourth-order valence-electron chi connectivity index (χ4n) is 1.53. The SMILES string of the molecule is Cc1ncn(-c2cc(Br)nc(C(C)C)n2)c1C. The highest BCUT2D eigenvalue weighted by Gasteiger charge is 2.10. The van der Waals surface area contributed by atoms with E-state index >= 15 is 0 Å². The van der Waals surface area contributed by atoms with Gasteiger partial charge in [-0.15, -0.1) is 0 Å². The molecule has 2 heterocycles. The van der Waals surface area contributed by atoms with Gasteiger partial charge in [0.25, 0.3) is 0 Å². The van der Waals surface area contributed by atoms with Gasteiger partial charge in [-0.2, -0.15) is 0 Å². The molecule has 0 N–H and O–H groups in total. The maximum Gasteiger partial charge on any atom is 0.142 e. The molecule has 4 nitrogen and oxygen atoms in total. The molecule has 0 saturated heterocycles. The lowest BCUT2D eigenvalue weighted by molar-refractivity contribution is 0.754. The summed E-state index contributed by atoms with van der Waals surface area (Å²) in [5.74, 6) is 1.99. The quantitative estimate of drug-likeness (QED) is 0.799. The van der Waals surface area contributed by atoms with E-state index in [2.05, 4.69) is 44.7 Å². The number of imidazole rings is 1. The molecule has 0 aliphatic heterocycles. The fourth-order valence-corrected chi connectivity index (χ4v) is 1.92. The minimum absolute atomic E-state index is 0.302. The highest BCUT2D eigenvalue weighted by molar-refractivity contribution is 9.10. The topological polar surface area (TPSA) is 43.6 Å². The summed E-state index contributed by atoms with van der Waals surface area (Å²) in [4.78, 5) is 13.2. The molecule has 0 unspecified atom stereocenters. The highest BCUT2D eigenvalue weighted by atomic mass is 79.9. The van der Waals surface area contributed by atoms with E-state index < -0.39 is 0 Å². The van der Waals surface area contributed by atoms with E-state index in [1.165, 1.54) is 0 Å². The molecule has 0 saturated carbocycles. The van der Waals surface area contributed by atoms with Crippen LogP contribution in [-0.2, 0) is 0 Å². The lowest BCUT2D eigenvalue weighted by atomic mass is 10.2. The number of hydrogen-bond donors (Lipinski definition) is 0. The van der Waals surface area contributed by atoms with Crippen LogP contribution in [0.2, 0.25) is 0 Å². The Kier molecular flexibility index (Phi) is 3.28. The van der Waals surface area contributed by atoms with Crippen molar-refractivity contribution in [3.8, 4) is 5.82 Å². The number of nitrogens with zero attached hydrogens (tertiary/aromatic N) is 4. The van der Waals surface area contributed by atoms with Crippen LogP contribution in [0, 0.1) is 13.8 Å². The Bertz CT molecular complexity index is 545. The lowest BCUT2D eigenvalue weighted by Gasteiger charge is -2.09. The van der Waals surface area contributed by atoms with Crippen LogP contribution in [0.4, 0.5) is 0 Å². The predicted octanol–water partition coefficient (Wildman–Crippen LogP) is 3.17. The van der Waals surface area contributed by atoms with Gasteiger partial charge in [0, 0.05) is 17.7 Å². The second kappa shape index (κ2) is 4.56. The molecular weight excluding hydrogens is 280 g/mol. The summed E-state index contributed by atoms with van der Waals surface area (Å²) in [7, 11) is 0. The molecule has 2 aromatic rings. The summed E-state index contributed by atoms with van der Waals surface area (Å²) in [6, 6.07) is 1.90. The Hall–Kier alpha value is -1.23. The summed E-state index contributed by atoms with van der Waals surface area (Å²) in [5.41, 5.74) is 2.12. The average Bonchev–Trinajstić information content (AvgIpc) is 2.59. The van der Waals surface area contributed by atoms with Gasteiger partial charge in [0.1, 0.15) is 22.6 Å². The second-order valence-electron chi connectivity index (χ2n) is 4.35. The van der Waals surface area contributed by atoms with Gasteiger partial charge in [0.2, 0.25) is 0 Å². The first-order valence-corrected chi connectivity index (χ1v) is 6.33. The van der Waals surface area contributed by atoms with E-state index in [0.29, 0.717) is 5.92 Å². The van der Waals surface area contributed by atoms with Gasteiger partial charge in [-0.1, -0.05) is 13.8 Å². The van der Waals surface area contributed by atoms with Crippen molar-refractivity contribution in [1.82, 2.24) is 19.5 Å². The van der Waals surface area contributed by atoms with Crippen molar-refractivity contribution in [2.45, 2.75) is 33.6 Å². The zero-order chi connectivity index (χ0) is 12.6. The molecule has 5 heteroatoms. The monoisotopic (exact) mass is 294 g/mol. The van der Waals surface area contributed by atoms with E-state index in [1.807, 2.05) is 24.5 Å². The molecule has 0 radical (unpaired) electrons. The van der Waals surface area contributed by atoms with Crippen LogP contribution < -0.4 is 0 Å². The number of aromatic nitrogens is 4. The predicted molar refractivity (Wildman–Crippen MR) is 70.4 cm³/mol. The summed E-state index contributed by atoms with van der Waals surface area (Å²) in [6.07, 6.45) is 1.80. The van der Waals surface area contributed by atoms with E-state index in [0.717, 1.165) is 27.6 Å². The van der Waals surface area contributed by atoms with Crippen molar-refractivity contribution in [3.63, 3.8) is 0 Å². The van der Waals surface area contributed by atoms with Crippen LogP contribution in [0.1, 0.15) is 37.0 Å². The molecule has 0 spiro atoms. The first kappa shape index (κ1) is 12.2. The van der Waals surface area contributed by atoms with Crippen LogP contribution >= 0.6 is 15.9 Å². The lowest BCUT2D eigenvalue weighted by Crippen LogP contribution is -2.05. The molecule has 17 heavy (non-hydrogen) atoms. The normalized spacial score (nSPS) is 11.2. The first-order valence-electron chi connectivity index (χ1n) is 5.54. The van der Waals surface area contributed by atoms with Gasteiger partial charge < -0.3 is 0 Å². The Balaban J connectivity index is 2.56. The van der Waals surface area contributed by atoms with E-state index in [4.69, 9.17) is 0 Å². The van der Waals surface area contributed by atoms with Crippen LogP contribution in [0.3, 0.4) is 0 Å². The first-order chi connectivity index (χ1) is 7.99. The molecule has 0 aliphatic carbocycles. The van der Waals surface area contributed by atoms with Gasteiger partial charge in [0.05, 0.1) is 5.69 Å². The summed E-state index contributed by atoms with van der Waals surface area (Å²) >= 11 is 3.43. The summed E-state index contributed by atoms with van der Waals surface area (Å²) in [5, 5.41) is 0. The summed E-state index contributed by atoms with van der Waals surface area (Å²) < 4.78 is 2.78. The smallest absolute Gasteiger partial charge is 0.142 e. The third-order valence-corrected chi connectivity index (χ3v) is 3.12. The maximum atomic E-state index is 4.56. The van der Waals surface area contributed by atoms with Crippen LogP contribution in [0.25, 0.3) is 5.82 Å². The molecular formula is C12H15BrN4. The number of hydrogen-bond acceptors (Lipinski definition) is 3. The highest BCUT2D eigenvalue weighted by Crippen LogP contribution is 2.18. The molecule has 0 bridgehead atoms. The summed E-state index contributed by atoms with van der Waals surface area (Å²) in [6.45, 7) is 8.19. The van der Waals surface area contributed by atoms with Crippen molar-refractivity contribution in [2.75, 3.05) is 0 Å². The molecule has 0 fully saturated rings. The third-order valence-electron chi connectivity index (χ3n) is 2.71. The van der Waals surface area contributed by atoms with Crippen molar-refractivity contribution in [2.24, 2.45) is 0 Å². The van der Waals surface area contributed by atoms with E-state index in [9.17, 15) is 0 Å². The number of aryl methyl sites for hydroxylation is 1. The van der Waals surface area contributed by atoms with Crippen LogP contribution in [0.15, 0.2) is 17.0 Å². The Morgan fingerprint density at radius 1 is 1.24 bits per heavy atom. The van der Waals surface area contributed by atoms with Gasteiger partial charge in [-0.05, 0) is 29.8 Å². The van der Waals surface area contributed by atoms with Crippen molar-refractivity contribution < 1.29 is 0 Å². The molecule has 0 aromatic carbocycles. The van der Waals surface area contributed by atoms with Crippen molar-refractivity contribution in [1.29, 1.82) is 0 Å². The molecule has 0 aliphatic rings. The van der Waals surface area contributed by atoms with Gasteiger partial charge in [0.15, 0.2) is 0 Å². The standard InChI is InChI=1S/C12H15BrN4/c1-7(2)12-15-10(13)5-11(16-12)17-6-14-8(3)9(17)4/h5-7H,1-4H3. The Labute approximate surface area is 109 Å². The zero-order valence-electron chi connectivity index (χ0n) is 10.4. The van der Waals surface area contributed by atoms with Crippen LogP contribution in [0.5, 0.6) is 0 Å². The van der Waals surface area contributed by atoms with Gasteiger partial charge in [-0.25, -0.2) is 15.0 Å². The van der Waals surface area contributed by atoms with Gasteiger partial charge in [-0.3, -0.25) is 4.57 Å². The van der Waals surface area contributed by atoms with Crippen molar-refractivity contribution in [3.05, 3.63) is 34.2 Å². The Morgan fingerprint density at radius 3 is 2.47 bits per heavy atom. The largest absolute Gasteiger partial charge is 0.287 e. The van der Waals surface area contributed by atoms with Crippen molar-refractivity contribution >= 4 is 15.9 Å². The minimum Gasteiger partial charge on any atom is -0.287 e. The average molecular weight is 295 g/mol. The molecule has 2 rings (SSSR count). The fraction of sp³-hybridized carbons (Fsp3) is 0.417. The zero-order valence-corrected chi connectivity index (χ0v) is 12.0. The number of halogens is 1.